The van der Waals surface area contributed by atoms with Gasteiger partial charge >= 0.3 is 0 Å². The highest BCUT2D eigenvalue weighted by molar-refractivity contribution is 7.89. The first kappa shape index (κ1) is 18.4. The van der Waals surface area contributed by atoms with Crippen LogP contribution >= 0.6 is 0 Å². The molecule has 0 radical (unpaired) electrons. The fraction of sp³-hybridized carbons (Fsp3) is 0.611. The zero-order valence-electron chi connectivity index (χ0n) is 15.0. The van der Waals surface area contributed by atoms with Crippen LogP contribution in [0.4, 0.5) is 5.69 Å². The van der Waals surface area contributed by atoms with Gasteiger partial charge in [0.2, 0.25) is 15.9 Å². The van der Waals surface area contributed by atoms with E-state index < -0.39 is 10.0 Å². The maximum absolute atomic E-state index is 12.8. The van der Waals surface area contributed by atoms with Crippen LogP contribution in [-0.2, 0) is 14.8 Å². The number of nitrogens with zero attached hydrogens (tertiary/aromatic N) is 2. The predicted octanol–water partition coefficient (Wildman–Crippen LogP) is 2.06. The molecule has 2 saturated heterocycles. The maximum atomic E-state index is 12.8. The molecule has 1 N–H and O–H groups in total. The van der Waals surface area contributed by atoms with E-state index >= 15 is 0 Å². The average Bonchev–Trinajstić information content (AvgIpc) is 3.12. The lowest BCUT2D eigenvalue weighted by atomic mass is 9.97. The Morgan fingerprint density at radius 3 is 2.56 bits per heavy atom. The van der Waals surface area contributed by atoms with Gasteiger partial charge in [-0.15, -0.1) is 0 Å². The number of sulfonamides is 1. The molecule has 0 spiro atoms. The fourth-order valence-electron chi connectivity index (χ4n) is 3.65. The van der Waals surface area contributed by atoms with Gasteiger partial charge in [-0.2, -0.15) is 4.31 Å². The number of anilines is 1. The summed E-state index contributed by atoms with van der Waals surface area (Å²) in [5.74, 6) is -0.0707. The van der Waals surface area contributed by atoms with E-state index in [-0.39, 0.29) is 11.8 Å². The molecule has 7 heteroatoms. The molecular weight excluding hydrogens is 338 g/mol. The number of amides is 1. The molecule has 2 fully saturated rings. The van der Waals surface area contributed by atoms with Gasteiger partial charge in [0.05, 0.1) is 10.8 Å². The molecular formula is C18H27N3O3S. The summed E-state index contributed by atoms with van der Waals surface area (Å²) in [5.41, 5.74) is 1.27. The number of aryl methyl sites for hydroxylation is 1. The summed E-state index contributed by atoms with van der Waals surface area (Å²) in [5, 5.41) is 2.91. The first-order valence-electron chi connectivity index (χ1n) is 8.98. The zero-order chi connectivity index (χ0) is 18.0. The maximum Gasteiger partial charge on any atom is 0.243 e. The molecule has 138 valence electrons. The minimum absolute atomic E-state index is 0.0278. The molecule has 0 aromatic heterocycles. The first-order valence-corrected chi connectivity index (χ1v) is 10.4. The summed E-state index contributed by atoms with van der Waals surface area (Å²) in [7, 11) is -1.47. The number of piperidine rings is 1. The van der Waals surface area contributed by atoms with Crippen LogP contribution in [0.3, 0.4) is 0 Å². The van der Waals surface area contributed by atoms with Crippen molar-refractivity contribution < 1.29 is 13.2 Å². The Labute approximate surface area is 150 Å². The summed E-state index contributed by atoms with van der Waals surface area (Å²) < 4.78 is 27.2. The minimum Gasteiger partial charge on any atom is -0.326 e. The molecule has 1 amide bonds. The fourth-order valence-corrected chi connectivity index (χ4v) is 5.42. The molecule has 0 aliphatic carbocycles. The second-order valence-electron chi connectivity index (χ2n) is 7.18. The third-order valence-corrected chi connectivity index (χ3v) is 7.17. The van der Waals surface area contributed by atoms with Gasteiger partial charge < -0.3 is 10.2 Å². The standard InChI is InChI=1S/C18H27N3O3S/c1-14-7-8-16(19-18(22)15-6-5-9-20(2)13-15)12-17(14)25(23,24)21-10-3-4-11-21/h7-8,12,15H,3-6,9-11,13H2,1-2H3,(H,19,22)/t15-/m0/s1. The van der Waals surface area contributed by atoms with E-state index in [1.165, 1.54) is 4.31 Å². The van der Waals surface area contributed by atoms with Crippen molar-refractivity contribution in [1.82, 2.24) is 9.21 Å². The largest absolute Gasteiger partial charge is 0.326 e. The van der Waals surface area contributed by atoms with Crippen molar-refractivity contribution in [1.29, 1.82) is 0 Å². The summed E-state index contributed by atoms with van der Waals surface area (Å²) in [6.45, 7) is 4.72. The Kier molecular flexibility index (Phi) is 5.46. The Hall–Kier alpha value is -1.44. The van der Waals surface area contributed by atoms with Crippen molar-refractivity contribution in [2.24, 2.45) is 5.92 Å². The third-order valence-electron chi connectivity index (χ3n) is 5.13. The normalized spacial score (nSPS) is 22.9. The molecule has 1 aromatic rings. The molecule has 2 heterocycles. The highest BCUT2D eigenvalue weighted by Crippen LogP contribution is 2.27. The SMILES string of the molecule is Cc1ccc(NC(=O)[C@H]2CCCN(C)C2)cc1S(=O)(=O)N1CCCC1. The molecule has 1 aromatic carbocycles. The summed E-state index contributed by atoms with van der Waals surface area (Å²) >= 11 is 0. The van der Waals surface area contributed by atoms with Crippen molar-refractivity contribution in [2.75, 3.05) is 38.5 Å². The van der Waals surface area contributed by atoms with Crippen LogP contribution in [-0.4, -0.2) is 56.8 Å². The summed E-state index contributed by atoms with van der Waals surface area (Å²) in [4.78, 5) is 15.0. The molecule has 0 saturated carbocycles. The van der Waals surface area contributed by atoms with Crippen LogP contribution in [0.15, 0.2) is 23.1 Å². The number of carbonyl (C=O) groups excluding carboxylic acids is 1. The van der Waals surface area contributed by atoms with E-state index in [4.69, 9.17) is 0 Å². The van der Waals surface area contributed by atoms with E-state index in [0.717, 1.165) is 38.8 Å². The molecule has 1 atom stereocenters. The minimum atomic E-state index is -3.49. The van der Waals surface area contributed by atoms with Crippen LogP contribution < -0.4 is 5.32 Å². The number of hydrogen-bond acceptors (Lipinski definition) is 4. The number of rotatable bonds is 4. The van der Waals surface area contributed by atoms with E-state index in [1.807, 2.05) is 7.05 Å². The van der Waals surface area contributed by atoms with Crippen molar-refractivity contribution in [2.45, 2.75) is 37.5 Å². The highest BCUT2D eigenvalue weighted by atomic mass is 32.2. The first-order chi connectivity index (χ1) is 11.9. The van der Waals surface area contributed by atoms with Crippen LogP contribution in [0.25, 0.3) is 0 Å². The van der Waals surface area contributed by atoms with Gasteiger partial charge in [0.1, 0.15) is 0 Å². The predicted molar refractivity (Wildman–Crippen MR) is 98.0 cm³/mol. The monoisotopic (exact) mass is 365 g/mol. The number of nitrogens with one attached hydrogen (secondary N) is 1. The van der Waals surface area contributed by atoms with Crippen molar-refractivity contribution in [3.63, 3.8) is 0 Å². The Balaban J connectivity index is 1.78. The van der Waals surface area contributed by atoms with Crippen LogP contribution in [0.5, 0.6) is 0 Å². The topological polar surface area (TPSA) is 69.7 Å². The van der Waals surface area contributed by atoms with Gasteiger partial charge in [0, 0.05) is 25.3 Å². The van der Waals surface area contributed by atoms with Gasteiger partial charge in [0.25, 0.3) is 0 Å². The van der Waals surface area contributed by atoms with Crippen LogP contribution in [0.2, 0.25) is 0 Å². The highest BCUT2D eigenvalue weighted by Gasteiger charge is 2.29. The van der Waals surface area contributed by atoms with Crippen molar-refractivity contribution in [3.8, 4) is 0 Å². The van der Waals surface area contributed by atoms with E-state index in [2.05, 4.69) is 10.2 Å². The number of carbonyl (C=O) groups is 1. The number of benzene rings is 1. The Bertz CT molecular complexity index is 742. The quantitative estimate of drug-likeness (QED) is 0.887. The van der Waals surface area contributed by atoms with Gasteiger partial charge in [-0.3, -0.25) is 4.79 Å². The van der Waals surface area contributed by atoms with Crippen molar-refractivity contribution >= 4 is 21.6 Å². The lowest BCUT2D eigenvalue weighted by molar-refractivity contribution is -0.121. The van der Waals surface area contributed by atoms with Crippen molar-refractivity contribution in [3.05, 3.63) is 23.8 Å². The third kappa shape index (κ3) is 4.04. The smallest absolute Gasteiger partial charge is 0.243 e. The summed E-state index contributed by atoms with van der Waals surface area (Å²) in [6.07, 6.45) is 3.70. The molecule has 6 nitrogen and oxygen atoms in total. The molecule has 0 bridgehead atoms. The molecule has 0 unspecified atom stereocenters. The van der Waals surface area contributed by atoms with Crippen LogP contribution in [0, 0.1) is 12.8 Å². The Morgan fingerprint density at radius 2 is 1.88 bits per heavy atom. The summed E-state index contributed by atoms with van der Waals surface area (Å²) in [6, 6.07) is 5.15. The van der Waals surface area contributed by atoms with E-state index in [0.29, 0.717) is 29.2 Å². The second-order valence-corrected chi connectivity index (χ2v) is 9.09. The van der Waals surface area contributed by atoms with Crippen LogP contribution in [0.1, 0.15) is 31.2 Å². The Morgan fingerprint density at radius 1 is 1.16 bits per heavy atom. The van der Waals surface area contributed by atoms with Gasteiger partial charge in [-0.05, 0) is 63.9 Å². The van der Waals surface area contributed by atoms with E-state index in [9.17, 15) is 13.2 Å². The second kappa shape index (κ2) is 7.43. The van der Waals surface area contributed by atoms with E-state index in [1.54, 1.807) is 25.1 Å². The van der Waals surface area contributed by atoms with Gasteiger partial charge in [0.15, 0.2) is 0 Å². The lowest BCUT2D eigenvalue weighted by Crippen LogP contribution is -2.38. The average molecular weight is 365 g/mol. The van der Waals surface area contributed by atoms with Gasteiger partial charge in [-0.1, -0.05) is 6.07 Å². The lowest BCUT2D eigenvalue weighted by Gasteiger charge is -2.28. The molecule has 3 rings (SSSR count). The van der Waals surface area contributed by atoms with Gasteiger partial charge in [-0.25, -0.2) is 8.42 Å². The molecule has 2 aliphatic rings. The zero-order valence-corrected chi connectivity index (χ0v) is 15.8. The molecule has 2 aliphatic heterocycles. The number of likely N-dealkylation sites (tertiary alicyclic amines) is 1. The number of hydrogen-bond donors (Lipinski definition) is 1. The molecule has 25 heavy (non-hydrogen) atoms.